The minimum Gasteiger partial charge on any atom is -0.507 e. The maximum atomic E-state index is 14.0. The van der Waals surface area contributed by atoms with Crippen LogP contribution in [-0.4, -0.2) is 42.8 Å². The van der Waals surface area contributed by atoms with Gasteiger partial charge in [0, 0.05) is 72.3 Å². The third-order valence-corrected chi connectivity index (χ3v) is 30.5. The van der Waals surface area contributed by atoms with Gasteiger partial charge in [-0.2, -0.15) is 0 Å². The molecule has 4 heterocycles. The molecule has 0 radical (unpaired) electrons. The number of aromatic hydroxyl groups is 4. The Kier molecular flexibility index (Phi) is 37.9. The summed E-state index contributed by atoms with van der Waals surface area (Å²) in [7, 11) is 0. The largest absolute Gasteiger partial charge is 0.507 e. The summed E-state index contributed by atoms with van der Waals surface area (Å²) in [5.41, 5.74) is 10.6. The molecule has 0 spiro atoms. The molecule has 0 saturated heterocycles. The molecule has 670 valence electrons. The van der Waals surface area contributed by atoms with Gasteiger partial charge in [0.15, 0.2) is 0 Å². The summed E-state index contributed by atoms with van der Waals surface area (Å²) in [5, 5.41) is 53.6. The zero-order valence-electron chi connectivity index (χ0n) is 81.5. The lowest BCUT2D eigenvalue weighted by molar-refractivity contribution is 0.0511. The van der Waals surface area contributed by atoms with E-state index < -0.39 is 16.8 Å². The number of phenols is 4. The third kappa shape index (κ3) is 27.1. The summed E-state index contributed by atoms with van der Waals surface area (Å²) in [6.45, 7) is 59.9. The molecule has 0 aliphatic carbocycles. The summed E-state index contributed by atoms with van der Waals surface area (Å²) < 4.78 is 31.0. The summed E-state index contributed by atoms with van der Waals surface area (Å²) >= 11 is 0. The molecule has 12 atom stereocenters. The minimum absolute atomic E-state index is 0.115. The molecule has 8 rings (SSSR count). The highest BCUT2D eigenvalue weighted by Crippen LogP contribution is 2.63. The zero-order valence-corrected chi connectivity index (χ0v) is 81.5. The SMILES string of the molecule is Cc1c(C)c2c(c(-c3c(C)c(O)c(-c4c(C)c(O)c(-c5c(C)c(O)c(C)c6c5OC(C)(CCCC(C)CCCC(C)CCCC(C)C)CC6)c5c4O[C@@](C)(CCCC(C)CCCC(C)CCCC(C)C)CC5)c4c3O[C@](C)(CCCC(C)CCCC(C)CCCC(C)C)CC4)c1O)CCC(C)(CCC[C@H](C)CCC[C@H](C)CCCC(C)C)O2. The molecule has 0 saturated carbocycles. The topological polar surface area (TPSA) is 118 Å². The summed E-state index contributed by atoms with van der Waals surface area (Å²) in [5.74, 6) is 12.4. The van der Waals surface area contributed by atoms with Gasteiger partial charge in [-0.1, -0.05) is 291 Å². The van der Waals surface area contributed by atoms with E-state index in [4.69, 9.17) is 18.9 Å². The van der Waals surface area contributed by atoms with Crippen LogP contribution in [0, 0.1) is 113 Å². The van der Waals surface area contributed by atoms with Gasteiger partial charge in [0.2, 0.25) is 0 Å². The molecule has 8 nitrogen and oxygen atoms in total. The van der Waals surface area contributed by atoms with Crippen LogP contribution in [0.1, 0.15) is 451 Å². The predicted molar refractivity (Wildman–Crippen MR) is 506 cm³/mol. The number of benzene rings is 4. The van der Waals surface area contributed by atoms with Crippen molar-refractivity contribution in [3.8, 4) is 79.4 Å². The Balaban J connectivity index is 1.21. The Labute approximate surface area is 726 Å². The van der Waals surface area contributed by atoms with Crippen molar-refractivity contribution in [1.82, 2.24) is 0 Å². The molecule has 4 N–H and O–H groups in total. The second-order valence-electron chi connectivity index (χ2n) is 44.3. The van der Waals surface area contributed by atoms with Crippen LogP contribution in [-0.2, 0) is 25.7 Å². The minimum atomic E-state index is -0.570. The number of ether oxygens (including phenoxy) is 4. The van der Waals surface area contributed by atoms with E-state index in [1.807, 2.05) is 34.6 Å². The van der Waals surface area contributed by atoms with Crippen LogP contribution in [0.25, 0.3) is 33.4 Å². The van der Waals surface area contributed by atoms with Crippen LogP contribution >= 0.6 is 0 Å². The molecular formula is C110H182O8. The Hall–Kier alpha value is -4.72. The van der Waals surface area contributed by atoms with E-state index >= 15 is 0 Å². The van der Waals surface area contributed by atoms with Gasteiger partial charge >= 0.3 is 0 Å². The van der Waals surface area contributed by atoms with Gasteiger partial charge in [-0.3, -0.25) is 0 Å². The van der Waals surface area contributed by atoms with Gasteiger partial charge in [0.1, 0.15) is 68.4 Å². The second kappa shape index (κ2) is 45.3. The van der Waals surface area contributed by atoms with Crippen LogP contribution in [0.4, 0.5) is 0 Å². The molecule has 0 fully saturated rings. The lowest BCUT2D eigenvalue weighted by Crippen LogP contribution is -2.38. The Bertz CT molecular complexity index is 3790. The first-order valence-electron chi connectivity index (χ1n) is 49.9. The number of phenolic OH excluding ortho intramolecular Hbond substituents is 4. The highest BCUT2D eigenvalue weighted by Gasteiger charge is 2.46. The maximum absolute atomic E-state index is 14.0. The Morgan fingerprint density at radius 1 is 0.220 bits per heavy atom. The van der Waals surface area contributed by atoms with Crippen molar-refractivity contribution in [2.45, 2.75) is 485 Å². The first-order valence-corrected chi connectivity index (χ1v) is 49.9. The van der Waals surface area contributed by atoms with Gasteiger partial charge < -0.3 is 39.4 Å². The van der Waals surface area contributed by atoms with Gasteiger partial charge in [0.25, 0.3) is 0 Å². The summed E-state index contributed by atoms with van der Waals surface area (Å²) in [6, 6.07) is 0. The Morgan fingerprint density at radius 3 is 0.669 bits per heavy atom. The fourth-order valence-corrected chi connectivity index (χ4v) is 21.7. The molecule has 0 aromatic heterocycles. The standard InChI is InChI=1S/C110H182O8/c1-71(2)39-27-43-75(9)47-31-51-79(13)55-35-63-107(23)68-60-90-96(100(112)83(17)84(18)103(90)115-107)94-87(21)102(114)98(92-62-70-109(25,117-105(92)94)65-37-57-81(15)53-33-49-77(11)45-29-41-73(5)6)95-88(22)101(113)97(91-61-69-110(26,118-106(91)95)66-38-58-82(16)54-34-50-78(12)46-30-42-74(7)8)93-86(20)99(111)85(19)89-59-67-108(24,116-104(89)93)64-36-56-80(14)52-32-48-76(10)44-28-40-72(3)4/h71-82,111-114H,27-70H2,1-26H3/t75-,76?,77?,78?,79-,80?,81?,82?,107?,108?,109-,110+/m1/s1. The number of hydrogen-bond acceptors (Lipinski definition) is 8. The van der Waals surface area contributed by atoms with Crippen LogP contribution in [0.15, 0.2) is 0 Å². The van der Waals surface area contributed by atoms with Gasteiger partial charge in [-0.25, -0.2) is 0 Å². The van der Waals surface area contributed by atoms with E-state index in [0.29, 0.717) is 93.4 Å². The Morgan fingerprint density at radius 2 is 0.415 bits per heavy atom. The molecule has 118 heavy (non-hydrogen) atoms. The molecular weight excluding hydrogens is 1450 g/mol. The van der Waals surface area contributed by atoms with Gasteiger partial charge in [0.05, 0.1) is 0 Å². The van der Waals surface area contributed by atoms with Gasteiger partial charge in [-0.05, 0) is 260 Å². The van der Waals surface area contributed by atoms with Crippen LogP contribution < -0.4 is 18.9 Å². The van der Waals surface area contributed by atoms with Crippen LogP contribution in [0.3, 0.4) is 0 Å². The predicted octanol–water partition coefficient (Wildman–Crippen LogP) is 33.5. The first-order chi connectivity index (χ1) is 55.7. The van der Waals surface area contributed by atoms with Crippen LogP contribution in [0.2, 0.25) is 0 Å². The number of rotatable bonds is 51. The molecule has 0 bridgehead atoms. The van der Waals surface area contributed by atoms with Crippen molar-refractivity contribution in [2.75, 3.05) is 0 Å². The number of fused-ring (bicyclic) bond motifs is 4. The number of hydrogen-bond donors (Lipinski definition) is 4. The van der Waals surface area contributed by atoms with E-state index in [1.165, 1.54) is 161 Å². The van der Waals surface area contributed by atoms with Crippen molar-refractivity contribution in [3.63, 3.8) is 0 Å². The molecule has 0 amide bonds. The summed E-state index contributed by atoms with van der Waals surface area (Å²) in [6.07, 6.45) is 49.6. The molecule has 4 aromatic rings. The first kappa shape index (κ1) is 98.7. The normalized spacial score (nSPS) is 21.3. The lowest BCUT2D eigenvalue weighted by Gasteiger charge is -2.42. The zero-order chi connectivity index (χ0) is 86.7. The van der Waals surface area contributed by atoms with Crippen LogP contribution in [0.5, 0.6) is 46.0 Å². The van der Waals surface area contributed by atoms with Crippen molar-refractivity contribution in [1.29, 1.82) is 0 Å². The van der Waals surface area contributed by atoms with Crippen molar-refractivity contribution in [2.24, 2.45) is 71.0 Å². The maximum Gasteiger partial charge on any atom is 0.132 e. The van der Waals surface area contributed by atoms with E-state index in [-0.39, 0.29) is 28.6 Å². The average Bonchev–Trinajstić information content (AvgIpc) is 0.705. The third-order valence-electron chi connectivity index (χ3n) is 30.5. The fourth-order valence-electron chi connectivity index (χ4n) is 21.7. The van der Waals surface area contributed by atoms with E-state index in [2.05, 4.69) is 145 Å². The second-order valence-corrected chi connectivity index (χ2v) is 44.3. The summed E-state index contributed by atoms with van der Waals surface area (Å²) in [4.78, 5) is 0. The molecule has 4 aliphatic rings. The average molecular weight is 1630 g/mol. The molecule has 8 unspecified atom stereocenters. The van der Waals surface area contributed by atoms with E-state index in [0.717, 1.165) is 212 Å². The monoisotopic (exact) mass is 1630 g/mol. The van der Waals surface area contributed by atoms with Crippen molar-refractivity contribution in [3.05, 3.63) is 55.6 Å². The van der Waals surface area contributed by atoms with E-state index in [9.17, 15) is 20.4 Å². The highest BCUT2D eigenvalue weighted by atomic mass is 16.5. The van der Waals surface area contributed by atoms with Crippen molar-refractivity contribution >= 4 is 0 Å². The lowest BCUT2D eigenvalue weighted by atomic mass is 9.75. The van der Waals surface area contributed by atoms with Gasteiger partial charge in [-0.15, -0.1) is 0 Å². The molecule has 4 aliphatic heterocycles. The highest BCUT2D eigenvalue weighted by molar-refractivity contribution is 5.98. The van der Waals surface area contributed by atoms with Crippen molar-refractivity contribution < 1.29 is 39.4 Å². The molecule has 8 heteroatoms. The molecule has 4 aromatic carbocycles. The van der Waals surface area contributed by atoms with E-state index in [1.54, 1.807) is 0 Å². The quantitative estimate of drug-likeness (QED) is 0.0345. The fraction of sp³-hybridized carbons (Fsp3) is 0.782. The smallest absolute Gasteiger partial charge is 0.132 e.